The summed E-state index contributed by atoms with van der Waals surface area (Å²) >= 11 is 1.29. The molecule has 0 saturated heterocycles. The third-order valence-electron chi connectivity index (χ3n) is 2.21. The monoisotopic (exact) mass is 274 g/mol. The zero-order chi connectivity index (χ0) is 14.3. The maximum absolute atomic E-state index is 11.9. The number of carbonyl (C=O) groups excluding carboxylic acids is 2. The molecule has 4 heteroatoms. The second-order valence-corrected chi connectivity index (χ2v) is 7.14. The van der Waals surface area contributed by atoms with Crippen molar-refractivity contribution in [2.75, 3.05) is 5.75 Å². The van der Waals surface area contributed by atoms with E-state index in [-0.39, 0.29) is 23.4 Å². The van der Waals surface area contributed by atoms with E-state index in [4.69, 9.17) is 4.74 Å². The molecule has 0 bridgehead atoms. The first-order valence-electron chi connectivity index (χ1n) is 6.54. The van der Waals surface area contributed by atoms with E-state index in [0.717, 1.165) is 12.2 Å². The minimum atomic E-state index is -0.486. The van der Waals surface area contributed by atoms with Crippen LogP contribution in [0.4, 0.5) is 0 Å². The number of hydrogen-bond acceptors (Lipinski definition) is 4. The molecule has 3 nitrogen and oxygen atoms in total. The molecule has 18 heavy (non-hydrogen) atoms. The molecule has 0 unspecified atom stereocenters. The lowest BCUT2D eigenvalue weighted by Crippen LogP contribution is -2.27. The van der Waals surface area contributed by atoms with Crippen molar-refractivity contribution in [3.63, 3.8) is 0 Å². The Balaban J connectivity index is 4.49. The number of carbonyl (C=O) groups is 2. The summed E-state index contributed by atoms with van der Waals surface area (Å²) in [6.07, 6.45) is 0.937. The molecule has 0 saturated carbocycles. The lowest BCUT2D eigenvalue weighted by molar-refractivity contribution is -0.156. The molecule has 0 aliphatic heterocycles. The van der Waals surface area contributed by atoms with Crippen molar-refractivity contribution in [3.05, 3.63) is 0 Å². The van der Waals surface area contributed by atoms with E-state index in [9.17, 15) is 9.59 Å². The summed E-state index contributed by atoms with van der Waals surface area (Å²) in [6.45, 7) is 11.6. The topological polar surface area (TPSA) is 43.4 Å². The van der Waals surface area contributed by atoms with Gasteiger partial charge in [-0.15, -0.1) is 0 Å². The average molecular weight is 274 g/mol. The SMILES string of the molecule is CCSC(=O)[C@@H](CC(=O)OC(C)(C)C)CC(C)C. The van der Waals surface area contributed by atoms with E-state index >= 15 is 0 Å². The van der Waals surface area contributed by atoms with Gasteiger partial charge in [0.15, 0.2) is 5.12 Å². The molecule has 0 amide bonds. The Kier molecular flexibility index (Phi) is 7.60. The van der Waals surface area contributed by atoms with Gasteiger partial charge in [-0.2, -0.15) is 0 Å². The van der Waals surface area contributed by atoms with Crippen LogP contribution in [0.3, 0.4) is 0 Å². The fourth-order valence-corrected chi connectivity index (χ4v) is 2.38. The van der Waals surface area contributed by atoms with Crippen LogP contribution < -0.4 is 0 Å². The van der Waals surface area contributed by atoms with Crippen molar-refractivity contribution in [1.82, 2.24) is 0 Å². The van der Waals surface area contributed by atoms with Gasteiger partial charge in [0.05, 0.1) is 6.42 Å². The fraction of sp³-hybridized carbons (Fsp3) is 0.857. The van der Waals surface area contributed by atoms with Gasteiger partial charge in [-0.05, 0) is 38.9 Å². The third-order valence-corrected chi connectivity index (χ3v) is 3.12. The van der Waals surface area contributed by atoms with Gasteiger partial charge < -0.3 is 4.74 Å². The largest absolute Gasteiger partial charge is 0.460 e. The summed E-state index contributed by atoms with van der Waals surface area (Å²) < 4.78 is 5.28. The van der Waals surface area contributed by atoms with Crippen molar-refractivity contribution in [2.24, 2.45) is 11.8 Å². The maximum atomic E-state index is 11.9. The Hall–Kier alpha value is -0.510. The van der Waals surface area contributed by atoms with Crippen LogP contribution in [0, 0.1) is 11.8 Å². The molecular weight excluding hydrogens is 248 g/mol. The quantitative estimate of drug-likeness (QED) is 0.693. The van der Waals surface area contributed by atoms with Gasteiger partial charge in [-0.3, -0.25) is 9.59 Å². The van der Waals surface area contributed by atoms with Crippen molar-refractivity contribution >= 4 is 22.8 Å². The van der Waals surface area contributed by atoms with Gasteiger partial charge in [0.25, 0.3) is 0 Å². The highest BCUT2D eigenvalue weighted by Crippen LogP contribution is 2.23. The smallest absolute Gasteiger partial charge is 0.307 e. The Bertz CT molecular complexity index is 279. The zero-order valence-corrected chi connectivity index (χ0v) is 13.2. The maximum Gasteiger partial charge on any atom is 0.307 e. The average Bonchev–Trinajstić information content (AvgIpc) is 2.13. The lowest BCUT2D eigenvalue weighted by Gasteiger charge is -2.22. The molecule has 0 N–H and O–H groups in total. The van der Waals surface area contributed by atoms with Crippen LogP contribution in [0.15, 0.2) is 0 Å². The van der Waals surface area contributed by atoms with E-state index in [1.165, 1.54) is 11.8 Å². The van der Waals surface area contributed by atoms with Crippen LogP contribution in [-0.4, -0.2) is 22.4 Å². The molecule has 1 atom stereocenters. The van der Waals surface area contributed by atoms with E-state index < -0.39 is 5.60 Å². The molecule has 0 radical (unpaired) electrons. The van der Waals surface area contributed by atoms with Crippen molar-refractivity contribution in [2.45, 2.75) is 60.0 Å². The van der Waals surface area contributed by atoms with Gasteiger partial charge in [-0.25, -0.2) is 0 Å². The summed E-state index contributed by atoms with van der Waals surface area (Å²) in [4.78, 5) is 23.7. The zero-order valence-electron chi connectivity index (χ0n) is 12.4. The van der Waals surface area contributed by atoms with Gasteiger partial charge in [0.1, 0.15) is 5.60 Å². The predicted molar refractivity (Wildman–Crippen MR) is 76.5 cm³/mol. The van der Waals surface area contributed by atoms with E-state index in [1.807, 2.05) is 27.7 Å². The molecule has 0 rings (SSSR count). The lowest BCUT2D eigenvalue weighted by atomic mass is 9.95. The van der Waals surface area contributed by atoms with Crippen molar-refractivity contribution < 1.29 is 14.3 Å². The fourth-order valence-electron chi connectivity index (χ4n) is 1.68. The highest BCUT2D eigenvalue weighted by Gasteiger charge is 2.25. The molecule has 0 fully saturated rings. The molecule has 106 valence electrons. The van der Waals surface area contributed by atoms with Crippen LogP contribution in [-0.2, 0) is 14.3 Å². The van der Waals surface area contributed by atoms with Crippen molar-refractivity contribution in [1.29, 1.82) is 0 Å². The predicted octanol–water partition coefficient (Wildman–Crippen LogP) is 3.66. The van der Waals surface area contributed by atoms with E-state index in [1.54, 1.807) is 0 Å². The minimum Gasteiger partial charge on any atom is -0.460 e. The molecule has 0 aromatic heterocycles. The highest BCUT2D eigenvalue weighted by atomic mass is 32.2. The minimum absolute atomic E-state index is 0.108. The number of thioether (sulfide) groups is 1. The van der Waals surface area contributed by atoms with Crippen LogP contribution in [0.2, 0.25) is 0 Å². The summed E-state index contributed by atoms with van der Waals surface area (Å²) in [5.74, 6) is 0.656. The van der Waals surface area contributed by atoms with Crippen molar-refractivity contribution in [3.8, 4) is 0 Å². The Morgan fingerprint density at radius 3 is 2.17 bits per heavy atom. The highest BCUT2D eigenvalue weighted by molar-refractivity contribution is 8.13. The molecule has 0 spiro atoms. The summed E-state index contributed by atoms with van der Waals surface area (Å²) in [6, 6.07) is 0. The Morgan fingerprint density at radius 1 is 1.22 bits per heavy atom. The first kappa shape index (κ1) is 17.5. The van der Waals surface area contributed by atoms with Gasteiger partial charge in [0, 0.05) is 5.92 Å². The van der Waals surface area contributed by atoms with Gasteiger partial charge in [-0.1, -0.05) is 32.5 Å². The van der Waals surface area contributed by atoms with Crippen LogP contribution in [0.5, 0.6) is 0 Å². The summed E-state index contributed by atoms with van der Waals surface area (Å²) in [7, 11) is 0. The first-order valence-corrected chi connectivity index (χ1v) is 7.52. The number of ether oxygens (including phenoxy) is 1. The van der Waals surface area contributed by atoms with E-state index in [2.05, 4.69) is 13.8 Å². The van der Waals surface area contributed by atoms with E-state index in [0.29, 0.717) is 5.92 Å². The number of esters is 1. The van der Waals surface area contributed by atoms with Gasteiger partial charge >= 0.3 is 5.97 Å². The number of rotatable bonds is 6. The molecule has 0 aliphatic rings. The van der Waals surface area contributed by atoms with Gasteiger partial charge in [0.2, 0.25) is 0 Å². The number of hydrogen-bond donors (Lipinski definition) is 0. The molecule has 0 aromatic rings. The molecule has 0 aromatic carbocycles. The molecular formula is C14H26O3S. The first-order chi connectivity index (χ1) is 8.15. The van der Waals surface area contributed by atoms with Crippen LogP contribution >= 0.6 is 11.8 Å². The third kappa shape index (κ3) is 8.56. The molecule has 0 heterocycles. The van der Waals surface area contributed by atoms with Crippen LogP contribution in [0.25, 0.3) is 0 Å². The summed E-state index contributed by atoms with van der Waals surface area (Å²) in [5, 5.41) is 0.108. The molecule has 0 aliphatic carbocycles. The Morgan fingerprint density at radius 2 is 1.78 bits per heavy atom. The Labute approximate surface area is 115 Å². The second-order valence-electron chi connectivity index (χ2n) is 5.87. The summed E-state index contributed by atoms with van der Waals surface area (Å²) in [5.41, 5.74) is -0.486. The second kappa shape index (κ2) is 7.82. The van der Waals surface area contributed by atoms with Crippen LogP contribution in [0.1, 0.15) is 54.4 Å². The standard InChI is InChI=1S/C14H26O3S/c1-7-18-13(16)11(8-10(2)3)9-12(15)17-14(4,5)6/h10-11H,7-9H2,1-6H3/t11-/m1/s1. The normalized spacial score (nSPS) is 13.5.